The van der Waals surface area contributed by atoms with E-state index in [4.69, 9.17) is 4.74 Å². The molecule has 0 aliphatic heterocycles. The molecule has 0 spiro atoms. The minimum atomic E-state index is -3.71. The molecule has 1 amide bonds. The number of sulfonamides is 1. The SMILES string of the molecule is COCCNS(=O)(=O)c1ccc(Br)c(C(=O)NCCCn2nc(C)cc2C)c1. The molecule has 0 saturated carbocycles. The number of ether oxygens (including phenoxy) is 1. The Morgan fingerprint density at radius 2 is 2.00 bits per heavy atom. The minimum Gasteiger partial charge on any atom is -0.383 e. The lowest BCUT2D eigenvalue weighted by atomic mass is 10.2. The van der Waals surface area contributed by atoms with Crippen molar-refractivity contribution in [3.8, 4) is 0 Å². The van der Waals surface area contributed by atoms with Gasteiger partial charge in [0.1, 0.15) is 0 Å². The molecule has 2 rings (SSSR count). The second kappa shape index (κ2) is 10.1. The van der Waals surface area contributed by atoms with Gasteiger partial charge in [-0.25, -0.2) is 13.1 Å². The summed E-state index contributed by atoms with van der Waals surface area (Å²) in [6, 6.07) is 6.35. The maximum Gasteiger partial charge on any atom is 0.252 e. The average molecular weight is 473 g/mol. The number of aryl methyl sites for hydroxylation is 3. The van der Waals surface area contributed by atoms with Crippen LogP contribution in [0.15, 0.2) is 33.6 Å². The highest BCUT2D eigenvalue weighted by Gasteiger charge is 2.18. The summed E-state index contributed by atoms with van der Waals surface area (Å²) in [7, 11) is -2.22. The van der Waals surface area contributed by atoms with E-state index in [1.807, 2.05) is 24.6 Å². The number of amides is 1. The third-order valence-corrected chi connectivity index (χ3v) is 6.18. The highest BCUT2D eigenvalue weighted by atomic mass is 79.9. The number of carbonyl (C=O) groups excluding carboxylic acids is 1. The maximum absolute atomic E-state index is 12.5. The van der Waals surface area contributed by atoms with Crippen molar-refractivity contribution in [3.05, 3.63) is 45.7 Å². The van der Waals surface area contributed by atoms with Crippen LogP contribution in [-0.4, -0.2) is 50.9 Å². The first-order chi connectivity index (χ1) is 13.2. The molecule has 10 heteroatoms. The fourth-order valence-corrected chi connectivity index (χ4v) is 4.10. The summed E-state index contributed by atoms with van der Waals surface area (Å²) in [6.45, 7) is 5.49. The van der Waals surface area contributed by atoms with Crippen molar-refractivity contribution in [2.75, 3.05) is 26.8 Å². The highest BCUT2D eigenvalue weighted by molar-refractivity contribution is 9.10. The highest BCUT2D eigenvalue weighted by Crippen LogP contribution is 2.21. The number of hydrogen-bond donors (Lipinski definition) is 2. The van der Waals surface area contributed by atoms with E-state index in [1.165, 1.54) is 19.2 Å². The van der Waals surface area contributed by atoms with Crippen LogP contribution in [0.1, 0.15) is 28.2 Å². The van der Waals surface area contributed by atoms with E-state index in [-0.39, 0.29) is 29.5 Å². The predicted molar refractivity (Wildman–Crippen MR) is 110 cm³/mol. The van der Waals surface area contributed by atoms with Gasteiger partial charge in [-0.05, 0) is 60.5 Å². The lowest BCUT2D eigenvalue weighted by Gasteiger charge is -2.11. The van der Waals surface area contributed by atoms with E-state index in [0.29, 0.717) is 24.0 Å². The fraction of sp³-hybridized carbons (Fsp3) is 0.444. The molecule has 1 aromatic heterocycles. The molecular weight excluding hydrogens is 448 g/mol. The normalized spacial score (nSPS) is 11.6. The second-order valence-electron chi connectivity index (χ2n) is 6.29. The van der Waals surface area contributed by atoms with Gasteiger partial charge >= 0.3 is 0 Å². The van der Waals surface area contributed by atoms with Gasteiger partial charge in [-0.1, -0.05) is 0 Å². The first kappa shape index (κ1) is 22.5. The summed E-state index contributed by atoms with van der Waals surface area (Å²) in [5, 5.41) is 7.20. The van der Waals surface area contributed by atoms with Gasteiger partial charge in [-0.15, -0.1) is 0 Å². The number of halogens is 1. The van der Waals surface area contributed by atoms with Crippen LogP contribution in [0, 0.1) is 13.8 Å². The Hall–Kier alpha value is -1.75. The zero-order chi connectivity index (χ0) is 20.7. The molecule has 1 aromatic carbocycles. The van der Waals surface area contributed by atoms with Gasteiger partial charge in [-0.2, -0.15) is 5.10 Å². The van der Waals surface area contributed by atoms with Gasteiger partial charge in [0.25, 0.3) is 5.91 Å². The summed E-state index contributed by atoms with van der Waals surface area (Å²) < 4.78 is 34.3. The van der Waals surface area contributed by atoms with Crippen LogP contribution in [0.5, 0.6) is 0 Å². The lowest BCUT2D eigenvalue weighted by Crippen LogP contribution is -2.28. The van der Waals surface area contributed by atoms with Crippen molar-refractivity contribution in [2.45, 2.75) is 31.7 Å². The zero-order valence-electron chi connectivity index (χ0n) is 16.2. The van der Waals surface area contributed by atoms with Crippen molar-refractivity contribution in [1.82, 2.24) is 19.8 Å². The summed E-state index contributed by atoms with van der Waals surface area (Å²) >= 11 is 3.31. The first-order valence-corrected chi connectivity index (χ1v) is 11.1. The molecule has 2 aromatic rings. The van der Waals surface area contributed by atoms with Crippen LogP contribution in [-0.2, 0) is 21.3 Å². The molecule has 0 unspecified atom stereocenters. The lowest BCUT2D eigenvalue weighted by molar-refractivity contribution is 0.0951. The monoisotopic (exact) mass is 472 g/mol. The van der Waals surface area contributed by atoms with Crippen LogP contribution < -0.4 is 10.0 Å². The Morgan fingerprint density at radius 1 is 1.25 bits per heavy atom. The molecule has 1 heterocycles. The summed E-state index contributed by atoms with van der Waals surface area (Å²) in [4.78, 5) is 12.5. The van der Waals surface area contributed by atoms with E-state index in [1.54, 1.807) is 6.07 Å². The Bertz CT molecular complexity index is 928. The van der Waals surface area contributed by atoms with E-state index >= 15 is 0 Å². The molecular formula is C18H25BrN4O4S. The third-order valence-electron chi connectivity index (χ3n) is 4.03. The second-order valence-corrected chi connectivity index (χ2v) is 8.91. The smallest absolute Gasteiger partial charge is 0.252 e. The molecule has 8 nitrogen and oxygen atoms in total. The van der Waals surface area contributed by atoms with Gasteiger partial charge in [0.15, 0.2) is 0 Å². The van der Waals surface area contributed by atoms with Crippen molar-refractivity contribution < 1.29 is 17.9 Å². The molecule has 0 aliphatic carbocycles. The number of methoxy groups -OCH3 is 1. The topological polar surface area (TPSA) is 102 Å². The molecule has 0 saturated heterocycles. The summed E-state index contributed by atoms with van der Waals surface area (Å²) in [6.07, 6.45) is 0.710. The third kappa shape index (κ3) is 6.13. The number of hydrogen-bond acceptors (Lipinski definition) is 5. The number of rotatable bonds is 10. The zero-order valence-corrected chi connectivity index (χ0v) is 18.6. The Morgan fingerprint density at radius 3 is 2.64 bits per heavy atom. The predicted octanol–water partition coefficient (Wildman–Crippen LogP) is 2.01. The maximum atomic E-state index is 12.5. The van der Waals surface area contributed by atoms with E-state index in [9.17, 15) is 13.2 Å². The number of benzene rings is 1. The molecule has 28 heavy (non-hydrogen) atoms. The molecule has 0 fully saturated rings. The Balaban J connectivity index is 1.97. The van der Waals surface area contributed by atoms with Gasteiger partial charge < -0.3 is 10.1 Å². The Kier molecular flexibility index (Phi) is 8.17. The van der Waals surface area contributed by atoms with Crippen molar-refractivity contribution >= 4 is 31.9 Å². The standard InChI is InChI=1S/C18H25BrN4O4S/c1-13-11-14(2)23(22-13)9-4-7-20-18(24)16-12-15(5-6-17(16)19)28(25,26)21-8-10-27-3/h5-6,11-12,21H,4,7-10H2,1-3H3,(H,20,24). The van der Waals surface area contributed by atoms with Gasteiger partial charge in [0, 0.05) is 36.9 Å². The first-order valence-electron chi connectivity index (χ1n) is 8.82. The molecule has 154 valence electrons. The van der Waals surface area contributed by atoms with E-state index < -0.39 is 10.0 Å². The molecule has 0 aliphatic rings. The van der Waals surface area contributed by atoms with E-state index in [0.717, 1.165) is 11.4 Å². The van der Waals surface area contributed by atoms with Crippen LogP contribution >= 0.6 is 15.9 Å². The molecule has 0 radical (unpaired) electrons. The number of aromatic nitrogens is 2. The van der Waals surface area contributed by atoms with Crippen molar-refractivity contribution in [2.24, 2.45) is 0 Å². The van der Waals surface area contributed by atoms with Gasteiger partial charge in [0.2, 0.25) is 10.0 Å². The number of nitrogens with zero attached hydrogens (tertiary/aromatic N) is 2. The number of carbonyl (C=O) groups is 1. The van der Waals surface area contributed by atoms with Crippen molar-refractivity contribution in [1.29, 1.82) is 0 Å². The van der Waals surface area contributed by atoms with Crippen LogP contribution in [0.2, 0.25) is 0 Å². The minimum absolute atomic E-state index is 0.0274. The molecule has 2 N–H and O–H groups in total. The Labute approximate surface area is 173 Å². The fourth-order valence-electron chi connectivity index (χ4n) is 2.63. The van der Waals surface area contributed by atoms with Crippen LogP contribution in [0.4, 0.5) is 0 Å². The van der Waals surface area contributed by atoms with Gasteiger partial charge in [0.05, 0.1) is 22.8 Å². The quantitative estimate of drug-likeness (QED) is 0.514. The number of nitrogens with one attached hydrogen (secondary N) is 2. The van der Waals surface area contributed by atoms with Gasteiger partial charge in [-0.3, -0.25) is 9.48 Å². The molecule has 0 atom stereocenters. The summed E-state index contributed by atoms with van der Waals surface area (Å²) in [5.41, 5.74) is 2.30. The van der Waals surface area contributed by atoms with Crippen molar-refractivity contribution in [3.63, 3.8) is 0 Å². The largest absolute Gasteiger partial charge is 0.383 e. The average Bonchev–Trinajstić information content (AvgIpc) is 2.96. The van der Waals surface area contributed by atoms with Crippen LogP contribution in [0.3, 0.4) is 0 Å². The van der Waals surface area contributed by atoms with Crippen LogP contribution in [0.25, 0.3) is 0 Å². The molecule has 0 bridgehead atoms. The van der Waals surface area contributed by atoms with E-state index in [2.05, 4.69) is 31.1 Å². The summed E-state index contributed by atoms with van der Waals surface area (Å²) in [5.74, 6) is -0.339.